The molecule has 0 aliphatic heterocycles. The second-order valence-corrected chi connectivity index (χ2v) is 5.17. The molecular formula is C15H17NO3. The molecule has 1 N–H and O–H groups in total. The molecule has 19 heavy (non-hydrogen) atoms. The molecule has 1 aromatic carbocycles. The van der Waals surface area contributed by atoms with Gasteiger partial charge in [-0.3, -0.25) is 4.79 Å². The first-order valence-electron chi connectivity index (χ1n) is 6.55. The highest BCUT2D eigenvalue weighted by Crippen LogP contribution is 2.30. The highest BCUT2D eigenvalue weighted by atomic mass is 16.5. The summed E-state index contributed by atoms with van der Waals surface area (Å²) in [7, 11) is 0. The van der Waals surface area contributed by atoms with Crippen LogP contribution in [0.25, 0.3) is 0 Å². The zero-order valence-corrected chi connectivity index (χ0v) is 10.9. The number of benzene rings is 1. The molecule has 0 heterocycles. The molecule has 0 saturated heterocycles. The van der Waals surface area contributed by atoms with E-state index in [1.54, 1.807) is 0 Å². The van der Waals surface area contributed by atoms with Crippen LogP contribution in [-0.4, -0.2) is 11.1 Å². The highest BCUT2D eigenvalue weighted by molar-refractivity contribution is 5.76. The van der Waals surface area contributed by atoms with E-state index < -0.39 is 0 Å². The third-order valence-electron chi connectivity index (χ3n) is 3.64. The topological polar surface area (TPSA) is 70.3 Å². The first-order valence-corrected chi connectivity index (χ1v) is 6.55. The highest BCUT2D eigenvalue weighted by Gasteiger charge is 2.26. The number of carbonyl (C=O) groups excluding carboxylic acids is 1. The van der Waals surface area contributed by atoms with Crippen molar-refractivity contribution in [1.29, 1.82) is 5.26 Å². The van der Waals surface area contributed by atoms with Crippen LogP contribution in [0.4, 0.5) is 0 Å². The van der Waals surface area contributed by atoms with Gasteiger partial charge < -0.3 is 9.84 Å². The fourth-order valence-electron chi connectivity index (χ4n) is 2.38. The Kier molecular flexibility index (Phi) is 4.06. The maximum atomic E-state index is 12.0. The van der Waals surface area contributed by atoms with Gasteiger partial charge in [-0.15, -0.1) is 0 Å². The van der Waals surface area contributed by atoms with E-state index in [9.17, 15) is 9.90 Å². The molecule has 1 saturated carbocycles. The van der Waals surface area contributed by atoms with Gasteiger partial charge in [-0.2, -0.15) is 5.26 Å². The van der Waals surface area contributed by atoms with Gasteiger partial charge in [0.2, 0.25) is 0 Å². The summed E-state index contributed by atoms with van der Waals surface area (Å²) < 4.78 is 5.29. The van der Waals surface area contributed by atoms with Crippen LogP contribution in [0.15, 0.2) is 18.2 Å². The van der Waals surface area contributed by atoms with E-state index in [0.717, 1.165) is 25.7 Å². The van der Waals surface area contributed by atoms with Crippen LogP contribution >= 0.6 is 0 Å². The van der Waals surface area contributed by atoms with E-state index in [4.69, 9.17) is 10.00 Å². The van der Waals surface area contributed by atoms with Crippen LogP contribution in [0.5, 0.6) is 11.5 Å². The van der Waals surface area contributed by atoms with Gasteiger partial charge in [-0.1, -0.05) is 6.92 Å². The molecule has 0 radical (unpaired) electrons. The number of nitrogens with zero attached hydrogens (tertiary/aromatic N) is 1. The van der Waals surface area contributed by atoms with Gasteiger partial charge in [0.1, 0.15) is 17.6 Å². The Balaban J connectivity index is 2.05. The normalized spacial score (nSPS) is 22.5. The quantitative estimate of drug-likeness (QED) is 0.654. The Morgan fingerprint density at radius 3 is 2.68 bits per heavy atom. The number of esters is 1. The van der Waals surface area contributed by atoms with E-state index in [2.05, 4.69) is 6.92 Å². The molecule has 0 spiro atoms. The Morgan fingerprint density at radius 2 is 2.05 bits per heavy atom. The van der Waals surface area contributed by atoms with E-state index in [-0.39, 0.29) is 28.9 Å². The summed E-state index contributed by atoms with van der Waals surface area (Å²) >= 11 is 0. The smallest absolute Gasteiger partial charge is 0.314 e. The van der Waals surface area contributed by atoms with Crippen LogP contribution in [0, 0.1) is 23.2 Å². The van der Waals surface area contributed by atoms with Crippen LogP contribution in [0.1, 0.15) is 38.2 Å². The molecule has 100 valence electrons. The molecule has 4 heteroatoms. The molecule has 2 rings (SSSR count). The lowest BCUT2D eigenvalue weighted by atomic mass is 9.83. The Labute approximate surface area is 112 Å². The summed E-state index contributed by atoms with van der Waals surface area (Å²) in [6.07, 6.45) is 3.78. The molecular weight excluding hydrogens is 242 g/mol. The zero-order chi connectivity index (χ0) is 13.8. The predicted octanol–water partition coefficient (Wildman–Crippen LogP) is 3.00. The molecule has 0 unspecified atom stereocenters. The number of aromatic hydroxyl groups is 1. The predicted molar refractivity (Wildman–Crippen MR) is 69.6 cm³/mol. The molecule has 1 aromatic rings. The standard InChI is InChI=1S/C15H17NO3/c1-10-2-4-11(5-3-10)15(18)19-14-7-6-13(17)8-12(14)9-16/h6-8,10-11,17H,2-5H2,1H3. The van der Waals surface area contributed by atoms with Gasteiger partial charge in [-0.05, 0) is 43.7 Å². The first-order chi connectivity index (χ1) is 9.10. The second-order valence-electron chi connectivity index (χ2n) is 5.17. The summed E-state index contributed by atoms with van der Waals surface area (Å²) in [4.78, 5) is 12.0. The number of carbonyl (C=O) groups is 1. The van der Waals surface area contributed by atoms with Crippen molar-refractivity contribution in [2.24, 2.45) is 11.8 Å². The molecule has 0 amide bonds. The van der Waals surface area contributed by atoms with Crippen LogP contribution in [0.2, 0.25) is 0 Å². The minimum absolute atomic E-state index is 0.0113. The SMILES string of the molecule is CC1CCC(C(=O)Oc2ccc(O)cc2C#N)CC1. The maximum absolute atomic E-state index is 12.0. The van der Waals surface area contributed by atoms with Gasteiger partial charge >= 0.3 is 5.97 Å². The second kappa shape index (κ2) is 5.75. The van der Waals surface area contributed by atoms with Crippen molar-refractivity contribution in [2.75, 3.05) is 0 Å². The van der Waals surface area contributed by atoms with Crippen molar-refractivity contribution < 1.29 is 14.6 Å². The molecule has 0 bridgehead atoms. The van der Waals surface area contributed by atoms with Gasteiger partial charge in [-0.25, -0.2) is 0 Å². The fourth-order valence-corrected chi connectivity index (χ4v) is 2.38. The van der Waals surface area contributed by atoms with Gasteiger partial charge in [0.25, 0.3) is 0 Å². The fraction of sp³-hybridized carbons (Fsp3) is 0.467. The van der Waals surface area contributed by atoms with Crippen molar-refractivity contribution in [2.45, 2.75) is 32.6 Å². The summed E-state index contributed by atoms with van der Waals surface area (Å²) in [5, 5.41) is 18.2. The summed E-state index contributed by atoms with van der Waals surface area (Å²) in [6, 6.07) is 6.08. The minimum Gasteiger partial charge on any atom is -0.508 e. The molecule has 1 aliphatic rings. The number of nitriles is 1. The monoisotopic (exact) mass is 259 g/mol. The van der Waals surface area contributed by atoms with E-state index in [0.29, 0.717) is 5.92 Å². The van der Waals surface area contributed by atoms with Crippen molar-refractivity contribution in [3.8, 4) is 17.6 Å². The lowest BCUT2D eigenvalue weighted by molar-refractivity contribution is -0.140. The van der Waals surface area contributed by atoms with Crippen molar-refractivity contribution in [3.05, 3.63) is 23.8 Å². The zero-order valence-electron chi connectivity index (χ0n) is 10.9. The molecule has 1 aliphatic carbocycles. The lowest BCUT2D eigenvalue weighted by Crippen LogP contribution is -2.25. The van der Waals surface area contributed by atoms with Gasteiger partial charge in [0.15, 0.2) is 0 Å². The van der Waals surface area contributed by atoms with Gasteiger partial charge in [0.05, 0.1) is 11.5 Å². The van der Waals surface area contributed by atoms with E-state index in [1.165, 1.54) is 18.2 Å². The number of phenols is 1. The number of hydrogen-bond donors (Lipinski definition) is 1. The third-order valence-corrected chi connectivity index (χ3v) is 3.64. The average Bonchev–Trinajstić information content (AvgIpc) is 2.41. The van der Waals surface area contributed by atoms with E-state index in [1.807, 2.05) is 6.07 Å². The first kappa shape index (κ1) is 13.4. The largest absolute Gasteiger partial charge is 0.508 e. The lowest BCUT2D eigenvalue weighted by Gasteiger charge is -2.24. The Morgan fingerprint density at radius 1 is 1.37 bits per heavy atom. The summed E-state index contributed by atoms with van der Waals surface area (Å²) in [5.41, 5.74) is 0.178. The molecule has 1 fully saturated rings. The number of hydrogen-bond acceptors (Lipinski definition) is 4. The van der Waals surface area contributed by atoms with Crippen LogP contribution < -0.4 is 4.74 Å². The summed E-state index contributed by atoms with van der Waals surface area (Å²) in [5.74, 6) is 0.546. The third kappa shape index (κ3) is 3.25. The minimum atomic E-state index is -0.269. The number of phenolic OH excluding ortho intramolecular Hbond substituents is 1. The average molecular weight is 259 g/mol. The van der Waals surface area contributed by atoms with Crippen LogP contribution in [0.3, 0.4) is 0 Å². The Bertz CT molecular complexity index is 511. The van der Waals surface area contributed by atoms with Crippen molar-refractivity contribution in [3.63, 3.8) is 0 Å². The number of ether oxygens (including phenoxy) is 1. The molecule has 4 nitrogen and oxygen atoms in total. The Hall–Kier alpha value is -2.02. The van der Waals surface area contributed by atoms with Crippen molar-refractivity contribution in [1.82, 2.24) is 0 Å². The van der Waals surface area contributed by atoms with Crippen molar-refractivity contribution >= 4 is 5.97 Å². The van der Waals surface area contributed by atoms with Gasteiger partial charge in [0, 0.05) is 6.07 Å². The molecule has 0 aromatic heterocycles. The van der Waals surface area contributed by atoms with E-state index >= 15 is 0 Å². The maximum Gasteiger partial charge on any atom is 0.314 e. The molecule has 0 atom stereocenters. The van der Waals surface area contributed by atoms with Crippen LogP contribution in [-0.2, 0) is 4.79 Å². The summed E-state index contributed by atoms with van der Waals surface area (Å²) in [6.45, 7) is 2.19. The number of rotatable bonds is 2.